The fourth-order valence-electron chi connectivity index (χ4n) is 3.31. The number of pyridine rings is 1. The molecule has 6 heteroatoms. The lowest BCUT2D eigenvalue weighted by atomic mass is 10.3. The topological polar surface area (TPSA) is 29.1 Å². The predicted molar refractivity (Wildman–Crippen MR) is 118 cm³/mol. The highest BCUT2D eigenvalue weighted by atomic mass is 32.2. The molecule has 0 fully saturated rings. The molecule has 0 radical (unpaired) electrons. The molecule has 142 valence electrons. The Morgan fingerprint density at radius 3 is 2.71 bits per heavy atom. The minimum absolute atomic E-state index is 0.0392. The van der Waals surface area contributed by atoms with Crippen molar-refractivity contribution in [2.75, 3.05) is 11.9 Å². The Morgan fingerprint density at radius 1 is 1.18 bits per heavy atom. The van der Waals surface area contributed by atoms with Crippen molar-refractivity contribution in [3.63, 3.8) is 0 Å². The molecule has 3 aromatic rings. The van der Waals surface area contributed by atoms with Gasteiger partial charge >= 0.3 is 0 Å². The summed E-state index contributed by atoms with van der Waals surface area (Å²) in [6.45, 7) is 7.32. The smallest absolute Gasteiger partial charge is 0.272 e. The van der Waals surface area contributed by atoms with Gasteiger partial charge in [0, 0.05) is 36.7 Å². The Hall–Kier alpha value is -2.57. The standard InChI is InChI=1S/C22H22N3OS2/c1-4-13-25-19(15-16-10-8-9-14-24(16)5-2)28-20(21(25)26)22-23(3)17-11-6-7-12-18(17)27-22/h4,6-12,14-15H,1,5,13H2,2-3H3/q+1. The van der Waals surface area contributed by atoms with Crippen molar-refractivity contribution in [1.29, 1.82) is 0 Å². The van der Waals surface area contributed by atoms with E-state index in [9.17, 15) is 4.79 Å². The number of hydrogen-bond acceptors (Lipinski definition) is 4. The first kappa shape index (κ1) is 18.8. The van der Waals surface area contributed by atoms with Crippen molar-refractivity contribution < 1.29 is 4.57 Å². The van der Waals surface area contributed by atoms with E-state index in [2.05, 4.69) is 53.4 Å². The molecule has 0 unspecified atom stereocenters. The maximum Gasteiger partial charge on any atom is 0.272 e. The summed E-state index contributed by atoms with van der Waals surface area (Å²) in [6, 6.07) is 14.4. The fourth-order valence-corrected chi connectivity index (χ4v) is 5.71. The predicted octanol–water partition coefficient (Wildman–Crippen LogP) is 2.54. The van der Waals surface area contributed by atoms with Gasteiger partial charge in [0.25, 0.3) is 5.56 Å². The number of anilines is 1. The van der Waals surface area contributed by atoms with Crippen molar-refractivity contribution in [1.82, 2.24) is 4.57 Å². The summed E-state index contributed by atoms with van der Waals surface area (Å²) < 4.78 is 5.69. The number of fused-ring (bicyclic) bond motifs is 1. The molecule has 0 saturated heterocycles. The van der Waals surface area contributed by atoms with Gasteiger partial charge in [-0.2, -0.15) is 4.57 Å². The van der Waals surface area contributed by atoms with E-state index in [0.717, 1.165) is 32.2 Å². The number of benzene rings is 1. The van der Waals surface area contributed by atoms with Gasteiger partial charge in [-0.1, -0.05) is 30.0 Å². The Balaban J connectivity index is 1.96. The second-order valence-corrected chi connectivity index (χ2v) is 8.52. The molecule has 4 nitrogen and oxygen atoms in total. The summed E-state index contributed by atoms with van der Waals surface area (Å²) in [5.41, 5.74) is 2.26. The first-order valence-electron chi connectivity index (χ1n) is 9.19. The van der Waals surface area contributed by atoms with Gasteiger partial charge in [0.05, 0.1) is 5.69 Å². The largest absolute Gasteiger partial charge is 0.337 e. The molecule has 4 rings (SSSR count). The van der Waals surface area contributed by atoms with Gasteiger partial charge in [0.2, 0.25) is 5.69 Å². The zero-order chi connectivity index (χ0) is 19.7. The highest BCUT2D eigenvalue weighted by Crippen LogP contribution is 2.44. The maximum atomic E-state index is 13.2. The number of hydrogen-bond donors (Lipinski definition) is 0. The Morgan fingerprint density at radius 2 is 1.96 bits per heavy atom. The molecule has 1 aliphatic rings. The van der Waals surface area contributed by atoms with Crippen molar-refractivity contribution in [3.8, 4) is 0 Å². The Bertz CT molecular complexity index is 1220. The lowest BCUT2D eigenvalue weighted by Crippen LogP contribution is -2.37. The second kappa shape index (κ2) is 7.81. The lowest BCUT2D eigenvalue weighted by Gasteiger charge is -2.11. The van der Waals surface area contributed by atoms with Crippen LogP contribution in [0.15, 0.2) is 71.0 Å². The van der Waals surface area contributed by atoms with Crippen LogP contribution in [0.4, 0.5) is 5.69 Å². The Kier molecular flexibility index (Phi) is 5.24. The van der Waals surface area contributed by atoms with Crippen LogP contribution in [0.25, 0.3) is 11.1 Å². The number of rotatable bonds is 4. The number of para-hydroxylation sites is 1. The van der Waals surface area contributed by atoms with Gasteiger partial charge < -0.3 is 4.90 Å². The molecule has 0 saturated carbocycles. The van der Waals surface area contributed by atoms with Crippen LogP contribution in [0.2, 0.25) is 0 Å². The normalized spacial score (nSPS) is 15.8. The molecule has 0 atom stereocenters. The minimum Gasteiger partial charge on any atom is -0.337 e. The molecule has 28 heavy (non-hydrogen) atoms. The summed E-state index contributed by atoms with van der Waals surface area (Å²) in [7, 11) is 2.02. The van der Waals surface area contributed by atoms with Crippen LogP contribution in [-0.2, 0) is 13.1 Å². The third-order valence-electron chi connectivity index (χ3n) is 4.74. The molecule has 0 spiro atoms. The summed E-state index contributed by atoms with van der Waals surface area (Å²) in [6.07, 6.45) is 5.93. The summed E-state index contributed by atoms with van der Waals surface area (Å²) in [4.78, 5) is 16.5. The van der Waals surface area contributed by atoms with Crippen LogP contribution in [0.1, 0.15) is 12.6 Å². The van der Waals surface area contributed by atoms with Gasteiger partial charge in [0.1, 0.15) is 20.8 Å². The third-order valence-corrected chi connectivity index (χ3v) is 7.23. The SMILES string of the molecule is C=CCn1c(=Cc2cccc[n+]2CC)sc(=C2Sc3ccccc3N2C)c1=O. The Labute approximate surface area is 172 Å². The second-order valence-electron chi connectivity index (χ2n) is 6.46. The van der Waals surface area contributed by atoms with Crippen LogP contribution in [-0.4, -0.2) is 11.6 Å². The van der Waals surface area contributed by atoms with Crippen molar-refractivity contribution >= 4 is 39.9 Å². The van der Waals surface area contributed by atoms with Crippen LogP contribution in [0.3, 0.4) is 0 Å². The van der Waals surface area contributed by atoms with E-state index in [0.29, 0.717) is 6.54 Å². The highest BCUT2D eigenvalue weighted by Gasteiger charge is 2.24. The maximum absolute atomic E-state index is 13.2. The number of thioether (sulfide) groups is 1. The lowest BCUT2D eigenvalue weighted by molar-refractivity contribution is -0.695. The summed E-state index contributed by atoms with van der Waals surface area (Å²) in [5, 5.41) is 0.991. The van der Waals surface area contributed by atoms with Crippen molar-refractivity contribution in [2.24, 2.45) is 0 Å². The van der Waals surface area contributed by atoms with Crippen molar-refractivity contribution in [3.05, 3.63) is 86.6 Å². The van der Waals surface area contributed by atoms with E-state index >= 15 is 0 Å². The van der Waals surface area contributed by atoms with E-state index < -0.39 is 0 Å². The number of thiazole rings is 1. The van der Waals surface area contributed by atoms with Crippen LogP contribution >= 0.6 is 23.1 Å². The monoisotopic (exact) mass is 408 g/mol. The quantitative estimate of drug-likeness (QED) is 0.491. The molecule has 0 aliphatic carbocycles. The zero-order valence-corrected chi connectivity index (χ0v) is 17.6. The van der Waals surface area contributed by atoms with E-state index in [1.165, 1.54) is 4.90 Å². The van der Waals surface area contributed by atoms with Crippen LogP contribution < -0.4 is 24.2 Å². The van der Waals surface area contributed by atoms with Crippen LogP contribution in [0, 0.1) is 0 Å². The molecular weight excluding hydrogens is 386 g/mol. The molecule has 0 amide bonds. The van der Waals surface area contributed by atoms with Crippen molar-refractivity contribution in [2.45, 2.75) is 24.9 Å². The molecule has 1 aliphatic heterocycles. The fraction of sp³-hybridized carbons (Fsp3) is 0.182. The first-order chi connectivity index (χ1) is 13.6. The number of allylic oxidation sites excluding steroid dienone is 1. The molecule has 0 N–H and O–H groups in total. The molecule has 2 aromatic heterocycles. The molecule has 0 bridgehead atoms. The third kappa shape index (κ3) is 3.23. The van der Waals surface area contributed by atoms with E-state index in [4.69, 9.17) is 0 Å². The average Bonchev–Trinajstić information content (AvgIpc) is 3.20. The average molecular weight is 409 g/mol. The van der Waals surface area contributed by atoms with E-state index in [1.807, 2.05) is 35.9 Å². The minimum atomic E-state index is 0.0392. The number of nitrogens with zero attached hydrogens (tertiary/aromatic N) is 3. The van der Waals surface area contributed by atoms with Gasteiger partial charge in [-0.05, 0) is 25.1 Å². The van der Waals surface area contributed by atoms with Gasteiger partial charge in [-0.3, -0.25) is 9.36 Å². The first-order valence-corrected chi connectivity index (χ1v) is 10.8. The van der Waals surface area contributed by atoms with E-state index in [1.54, 1.807) is 29.2 Å². The number of aromatic nitrogens is 2. The summed E-state index contributed by atoms with van der Waals surface area (Å²) in [5.74, 6) is 0. The number of aryl methyl sites for hydroxylation is 1. The van der Waals surface area contributed by atoms with Gasteiger partial charge in [-0.15, -0.1) is 17.9 Å². The van der Waals surface area contributed by atoms with Crippen LogP contribution in [0.5, 0.6) is 0 Å². The highest BCUT2D eigenvalue weighted by molar-refractivity contribution is 8.08. The zero-order valence-electron chi connectivity index (χ0n) is 16.0. The van der Waals surface area contributed by atoms with Gasteiger partial charge in [0.15, 0.2) is 6.20 Å². The summed E-state index contributed by atoms with van der Waals surface area (Å²) >= 11 is 3.21. The van der Waals surface area contributed by atoms with Gasteiger partial charge in [-0.25, -0.2) is 0 Å². The molecular formula is C22H22N3OS2+. The molecule has 1 aromatic carbocycles. The van der Waals surface area contributed by atoms with E-state index in [-0.39, 0.29) is 5.56 Å². The molecule has 3 heterocycles.